The summed E-state index contributed by atoms with van der Waals surface area (Å²) in [6.45, 7) is 1.73. The Hall–Kier alpha value is -1.28. The van der Waals surface area contributed by atoms with Crippen molar-refractivity contribution >= 4 is 0 Å². The molecule has 2 saturated heterocycles. The molecule has 2 heteroatoms. The van der Waals surface area contributed by atoms with Gasteiger partial charge in [0.25, 0.3) is 0 Å². The van der Waals surface area contributed by atoms with Crippen molar-refractivity contribution < 1.29 is 4.74 Å². The quantitative estimate of drug-likeness (QED) is 0.594. The second-order valence-corrected chi connectivity index (χ2v) is 4.47. The highest BCUT2D eigenvalue weighted by atomic mass is 16.5. The normalized spacial score (nSPS) is 37.8. The minimum absolute atomic E-state index is 0.254. The second kappa shape index (κ2) is 3.11. The van der Waals surface area contributed by atoms with Crippen LogP contribution in [0.3, 0.4) is 0 Å². The molecule has 2 nitrogen and oxygen atoms in total. The summed E-state index contributed by atoms with van der Waals surface area (Å²) in [5.41, 5.74) is 3.03. The lowest BCUT2D eigenvalue weighted by Gasteiger charge is -2.44. The number of allylic oxidation sites excluding steroid dienone is 7. The van der Waals surface area contributed by atoms with Gasteiger partial charge in [0.2, 0.25) is 0 Å². The van der Waals surface area contributed by atoms with E-state index in [9.17, 15) is 0 Å². The smallest absolute Gasteiger partial charge is 0.0905 e. The molecule has 2 fully saturated rings. The summed E-state index contributed by atoms with van der Waals surface area (Å²) in [5.74, 6) is 0. The summed E-state index contributed by atoms with van der Waals surface area (Å²) >= 11 is 0. The topological polar surface area (TPSA) is 12.5 Å². The van der Waals surface area contributed by atoms with Crippen LogP contribution in [0.1, 0.15) is 6.42 Å². The summed E-state index contributed by atoms with van der Waals surface area (Å²) in [4.78, 5) is 2.38. The van der Waals surface area contributed by atoms with E-state index in [2.05, 4.69) is 48.4 Å². The minimum Gasteiger partial charge on any atom is -0.376 e. The van der Waals surface area contributed by atoms with Gasteiger partial charge < -0.3 is 9.64 Å². The molecule has 0 radical (unpaired) electrons. The maximum Gasteiger partial charge on any atom is 0.0905 e. The molecule has 78 valence electrons. The fourth-order valence-corrected chi connectivity index (χ4v) is 2.48. The summed E-state index contributed by atoms with van der Waals surface area (Å²) in [6, 6.07) is 0. The van der Waals surface area contributed by atoms with Crippen LogP contribution in [0, 0.1) is 0 Å². The number of likely N-dealkylation sites (N-methyl/N-ethyl adjacent to an activating group) is 1. The fourth-order valence-electron chi connectivity index (χ4n) is 2.48. The molecule has 2 heterocycles. The SMILES string of the molecule is CN1C2=C/C=C\C=C/C=C\2CC12COC2. The number of likely N-dealkylation sites (tertiary alicyclic amines) is 1. The molecule has 0 bridgehead atoms. The molecule has 0 aromatic heterocycles. The molecular formula is C13H15NO. The van der Waals surface area contributed by atoms with Crippen LogP contribution in [0.15, 0.2) is 47.7 Å². The zero-order valence-corrected chi connectivity index (χ0v) is 8.94. The van der Waals surface area contributed by atoms with E-state index in [0.29, 0.717) is 0 Å². The van der Waals surface area contributed by atoms with Gasteiger partial charge in [0.05, 0.1) is 18.8 Å². The number of hydrogen-bond donors (Lipinski definition) is 0. The van der Waals surface area contributed by atoms with Crippen molar-refractivity contribution in [1.82, 2.24) is 4.90 Å². The van der Waals surface area contributed by atoms with E-state index in [1.807, 2.05) is 0 Å². The Morgan fingerprint density at radius 2 is 1.87 bits per heavy atom. The predicted molar refractivity (Wildman–Crippen MR) is 60.4 cm³/mol. The van der Waals surface area contributed by atoms with Gasteiger partial charge in [-0.1, -0.05) is 30.4 Å². The van der Waals surface area contributed by atoms with E-state index in [0.717, 1.165) is 19.6 Å². The maximum atomic E-state index is 5.37. The van der Waals surface area contributed by atoms with Crippen molar-refractivity contribution in [2.24, 2.45) is 0 Å². The molecule has 0 saturated carbocycles. The molecule has 0 unspecified atom stereocenters. The van der Waals surface area contributed by atoms with Crippen LogP contribution in [0.5, 0.6) is 0 Å². The van der Waals surface area contributed by atoms with Crippen LogP contribution in [0.2, 0.25) is 0 Å². The molecule has 15 heavy (non-hydrogen) atoms. The van der Waals surface area contributed by atoms with Crippen molar-refractivity contribution in [1.29, 1.82) is 0 Å². The van der Waals surface area contributed by atoms with Crippen LogP contribution in [0.4, 0.5) is 0 Å². The largest absolute Gasteiger partial charge is 0.376 e. The van der Waals surface area contributed by atoms with E-state index < -0.39 is 0 Å². The van der Waals surface area contributed by atoms with Gasteiger partial charge in [0.15, 0.2) is 0 Å². The molecule has 2 aliphatic heterocycles. The third-order valence-corrected chi connectivity index (χ3v) is 3.55. The molecule has 0 aromatic rings. The number of fused-ring (bicyclic) bond motifs is 1. The average Bonchev–Trinajstić information content (AvgIpc) is 2.38. The third kappa shape index (κ3) is 1.21. The zero-order chi connectivity index (χ0) is 10.3. The van der Waals surface area contributed by atoms with E-state index in [1.165, 1.54) is 11.3 Å². The van der Waals surface area contributed by atoms with Gasteiger partial charge in [-0.25, -0.2) is 0 Å². The van der Waals surface area contributed by atoms with Gasteiger partial charge in [0.1, 0.15) is 0 Å². The first-order chi connectivity index (χ1) is 7.32. The highest BCUT2D eigenvalue weighted by Gasteiger charge is 2.49. The lowest BCUT2D eigenvalue weighted by atomic mass is 9.92. The molecule has 3 aliphatic rings. The second-order valence-electron chi connectivity index (χ2n) is 4.47. The molecule has 3 rings (SSSR count). The highest BCUT2D eigenvalue weighted by Crippen LogP contribution is 2.43. The van der Waals surface area contributed by atoms with E-state index in [4.69, 9.17) is 4.74 Å². The highest BCUT2D eigenvalue weighted by molar-refractivity contribution is 5.45. The van der Waals surface area contributed by atoms with Gasteiger partial charge in [-0.15, -0.1) is 0 Å². The number of ether oxygens (including phenoxy) is 1. The number of rotatable bonds is 0. The molecule has 0 N–H and O–H groups in total. The monoisotopic (exact) mass is 201 g/mol. The van der Waals surface area contributed by atoms with Crippen LogP contribution < -0.4 is 0 Å². The molecule has 1 aliphatic carbocycles. The average molecular weight is 201 g/mol. The Bertz CT molecular complexity index is 397. The van der Waals surface area contributed by atoms with E-state index >= 15 is 0 Å². The van der Waals surface area contributed by atoms with Crippen LogP contribution in [-0.4, -0.2) is 30.7 Å². The Balaban J connectivity index is 2.02. The van der Waals surface area contributed by atoms with Gasteiger partial charge >= 0.3 is 0 Å². The first kappa shape index (κ1) is 8.98. The summed E-state index contributed by atoms with van der Waals surface area (Å²) in [7, 11) is 2.17. The lowest BCUT2D eigenvalue weighted by molar-refractivity contribution is -0.108. The number of nitrogens with zero attached hydrogens (tertiary/aromatic N) is 1. The molecule has 0 atom stereocenters. The number of hydrogen-bond acceptors (Lipinski definition) is 2. The van der Waals surface area contributed by atoms with Crippen molar-refractivity contribution in [2.75, 3.05) is 20.3 Å². The van der Waals surface area contributed by atoms with Crippen LogP contribution >= 0.6 is 0 Å². The van der Waals surface area contributed by atoms with E-state index in [1.54, 1.807) is 0 Å². The summed E-state index contributed by atoms with van der Waals surface area (Å²) in [5, 5.41) is 0. The Morgan fingerprint density at radius 1 is 1.13 bits per heavy atom. The van der Waals surface area contributed by atoms with Crippen molar-refractivity contribution in [2.45, 2.75) is 12.0 Å². The van der Waals surface area contributed by atoms with Gasteiger partial charge in [0, 0.05) is 19.2 Å². The van der Waals surface area contributed by atoms with Crippen molar-refractivity contribution in [3.05, 3.63) is 47.7 Å². The molecule has 0 aromatic carbocycles. The van der Waals surface area contributed by atoms with Gasteiger partial charge in [-0.3, -0.25) is 0 Å². The minimum atomic E-state index is 0.254. The lowest BCUT2D eigenvalue weighted by Crippen LogP contribution is -2.56. The van der Waals surface area contributed by atoms with Gasteiger partial charge in [-0.2, -0.15) is 0 Å². The standard InChI is InChI=1S/C13H15NO/c1-14-12-7-5-3-2-4-6-11(12)8-13(14)9-15-10-13/h2-7H,8-10H2,1H3/b3-2?,4-2-,5-3-,6-4?,7-5?,11-6-,12-7+. The zero-order valence-electron chi connectivity index (χ0n) is 8.94. The maximum absolute atomic E-state index is 5.37. The van der Waals surface area contributed by atoms with Crippen molar-refractivity contribution in [3.63, 3.8) is 0 Å². The Morgan fingerprint density at radius 3 is 2.53 bits per heavy atom. The Labute approximate surface area is 90.2 Å². The summed E-state index contributed by atoms with van der Waals surface area (Å²) in [6.07, 6.45) is 13.9. The molecule has 0 amide bonds. The first-order valence-electron chi connectivity index (χ1n) is 5.38. The Kier molecular flexibility index (Phi) is 1.86. The predicted octanol–water partition coefficient (Wildman–Crippen LogP) is 2.03. The van der Waals surface area contributed by atoms with Crippen LogP contribution in [-0.2, 0) is 4.74 Å². The first-order valence-corrected chi connectivity index (χ1v) is 5.38. The van der Waals surface area contributed by atoms with Crippen molar-refractivity contribution in [3.8, 4) is 0 Å². The summed E-state index contributed by atoms with van der Waals surface area (Å²) < 4.78 is 5.37. The third-order valence-electron chi connectivity index (χ3n) is 3.55. The van der Waals surface area contributed by atoms with E-state index in [-0.39, 0.29) is 5.54 Å². The molecule has 1 spiro atoms. The van der Waals surface area contributed by atoms with Gasteiger partial charge in [-0.05, 0) is 11.6 Å². The fraction of sp³-hybridized carbons (Fsp3) is 0.385. The molecular weight excluding hydrogens is 186 g/mol. The van der Waals surface area contributed by atoms with Crippen LogP contribution in [0.25, 0.3) is 0 Å².